The number of rotatable bonds is 5. The molecule has 1 saturated carbocycles. The van der Waals surface area contributed by atoms with Crippen molar-refractivity contribution < 1.29 is 13.9 Å². The molecule has 2 aromatic heterocycles. The van der Waals surface area contributed by atoms with Crippen molar-refractivity contribution in [3.63, 3.8) is 0 Å². The Bertz CT molecular complexity index is 1120. The fraction of sp³-hybridized carbons (Fsp3) is 0.360. The van der Waals surface area contributed by atoms with Gasteiger partial charge in [0.1, 0.15) is 6.10 Å². The molecule has 4 unspecified atom stereocenters. The van der Waals surface area contributed by atoms with Crippen LogP contribution >= 0.6 is 0 Å². The van der Waals surface area contributed by atoms with Gasteiger partial charge in [-0.15, -0.1) is 0 Å². The Labute approximate surface area is 186 Å². The van der Waals surface area contributed by atoms with E-state index >= 15 is 0 Å². The molecule has 1 aromatic carbocycles. The number of aryl methyl sites for hydroxylation is 1. The molecule has 2 bridgehead atoms. The average Bonchev–Trinajstić information content (AvgIpc) is 3.38. The van der Waals surface area contributed by atoms with Gasteiger partial charge in [-0.3, -0.25) is 4.79 Å². The Hall–Kier alpha value is -3.35. The van der Waals surface area contributed by atoms with Crippen molar-refractivity contribution in [2.24, 2.45) is 5.92 Å². The van der Waals surface area contributed by atoms with Crippen LogP contribution in [0, 0.1) is 18.7 Å². The highest BCUT2D eigenvalue weighted by molar-refractivity contribution is 6.00. The number of hydrogen-bond acceptors (Lipinski definition) is 5. The van der Waals surface area contributed by atoms with Gasteiger partial charge in [-0.25, -0.2) is 19.3 Å². The lowest BCUT2D eigenvalue weighted by Gasteiger charge is -2.39. The lowest BCUT2D eigenvalue weighted by molar-refractivity contribution is 0.0273. The number of amides is 1. The summed E-state index contributed by atoms with van der Waals surface area (Å²) in [5.74, 6) is 0.764. The van der Waals surface area contributed by atoms with Crippen LogP contribution in [0.2, 0.25) is 0 Å². The van der Waals surface area contributed by atoms with Gasteiger partial charge in [0.2, 0.25) is 5.88 Å². The highest BCUT2D eigenvalue weighted by Gasteiger charge is 2.53. The van der Waals surface area contributed by atoms with E-state index in [1.54, 1.807) is 18.3 Å². The minimum absolute atomic E-state index is 0.0113. The van der Waals surface area contributed by atoms with E-state index in [9.17, 15) is 9.18 Å². The quantitative estimate of drug-likeness (QED) is 0.596. The molecule has 5 rings (SSSR count). The number of carbonyl (C=O) groups is 1. The summed E-state index contributed by atoms with van der Waals surface area (Å²) in [6.45, 7) is 4.11. The van der Waals surface area contributed by atoms with E-state index in [2.05, 4.69) is 21.9 Å². The number of nitrogens with zero attached hydrogens (tertiary/aromatic N) is 4. The van der Waals surface area contributed by atoms with Crippen molar-refractivity contribution >= 4 is 5.91 Å². The van der Waals surface area contributed by atoms with Crippen LogP contribution < -0.4 is 4.74 Å². The first kappa shape index (κ1) is 20.5. The SMILES string of the molecule is CCC1C2CC(Oc3ccc(C)cn3)C(C2)N1C(=O)c1ccccc1-c1ncc(F)cn1. The second-order valence-corrected chi connectivity index (χ2v) is 8.59. The van der Waals surface area contributed by atoms with Crippen molar-refractivity contribution in [2.75, 3.05) is 0 Å². The Kier molecular flexibility index (Phi) is 5.33. The van der Waals surface area contributed by atoms with Gasteiger partial charge in [-0.05, 0) is 43.7 Å². The molecule has 1 aliphatic carbocycles. The van der Waals surface area contributed by atoms with Gasteiger partial charge in [-0.2, -0.15) is 0 Å². The Morgan fingerprint density at radius 3 is 2.59 bits per heavy atom. The minimum Gasteiger partial charge on any atom is -0.472 e. The predicted molar refractivity (Wildman–Crippen MR) is 118 cm³/mol. The molecule has 7 heteroatoms. The van der Waals surface area contributed by atoms with Gasteiger partial charge in [0.05, 0.1) is 24.0 Å². The van der Waals surface area contributed by atoms with E-state index in [4.69, 9.17) is 4.74 Å². The maximum absolute atomic E-state index is 13.8. The summed E-state index contributed by atoms with van der Waals surface area (Å²) in [5.41, 5.74) is 2.21. The van der Waals surface area contributed by atoms with Crippen LogP contribution in [0.4, 0.5) is 4.39 Å². The summed E-state index contributed by atoms with van der Waals surface area (Å²) in [6, 6.07) is 11.3. The molecule has 2 aliphatic rings. The van der Waals surface area contributed by atoms with Crippen LogP contribution in [0.15, 0.2) is 55.0 Å². The van der Waals surface area contributed by atoms with E-state index in [0.717, 1.165) is 37.2 Å². The van der Waals surface area contributed by atoms with Crippen LogP contribution in [-0.2, 0) is 0 Å². The van der Waals surface area contributed by atoms with E-state index < -0.39 is 5.82 Å². The number of hydrogen-bond donors (Lipinski definition) is 0. The van der Waals surface area contributed by atoms with E-state index in [1.165, 1.54) is 0 Å². The fourth-order valence-electron chi connectivity index (χ4n) is 5.19. The highest BCUT2D eigenvalue weighted by Crippen LogP contribution is 2.46. The standard InChI is InChI=1S/C25H25FN4O2/c1-3-20-16-10-21(22(11-16)32-23-9-8-15(2)12-27-23)30(20)25(31)19-7-5-4-6-18(19)24-28-13-17(26)14-29-24/h4-9,12-14,16,20-22H,3,10-11H2,1-2H3. The number of piperidine rings is 1. The van der Waals surface area contributed by atoms with Crippen LogP contribution in [0.3, 0.4) is 0 Å². The van der Waals surface area contributed by atoms with Gasteiger partial charge in [0.15, 0.2) is 11.6 Å². The zero-order valence-corrected chi connectivity index (χ0v) is 18.1. The second kappa shape index (κ2) is 8.30. The fourth-order valence-corrected chi connectivity index (χ4v) is 5.19. The molecule has 1 amide bonds. The van der Waals surface area contributed by atoms with Gasteiger partial charge in [0, 0.05) is 23.9 Å². The molecule has 1 saturated heterocycles. The van der Waals surface area contributed by atoms with Crippen molar-refractivity contribution in [1.82, 2.24) is 19.9 Å². The van der Waals surface area contributed by atoms with Crippen LogP contribution in [0.25, 0.3) is 11.4 Å². The number of fused-ring (bicyclic) bond motifs is 2. The van der Waals surface area contributed by atoms with Crippen LogP contribution in [0.5, 0.6) is 5.88 Å². The first-order valence-corrected chi connectivity index (χ1v) is 11.0. The number of aromatic nitrogens is 3. The van der Waals surface area contributed by atoms with Gasteiger partial charge < -0.3 is 9.64 Å². The minimum atomic E-state index is -0.509. The molecule has 0 spiro atoms. The molecule has 0 radical (unpaired) electrons. The monoisotopic (exact) mass is 432 g/mol. The molecule has 6 nitrogen and oxygen atoms in total. The third-order valence-electron chi connectivity index (χ3n) is 6.60. The van der Waals surface area contributed by atoms with Gasteiger partial charge >= 0.3 is 0 Å². The predicted octanol–water partition coefficient (Wildman–Crippen LogP) is 4.45. The molecule has 2 fully saturated rings. The molecule has 0 N–H and O–H groups in total. The number of ether oxygens (including phenoxy) is 1. The highest BCUT2D eigenvalue weighted by atomic mass is 19.1. The lowest BCUT2D eigenvalue weighted by Crippen LogP contribution is -2.52. The van der Waals surface area contributed by atoms with Crippen molar-refractivity contribution in [3.05, 3.63) is 71.9 Å². The summed E-state index contributed by atoms with van der Waals surface area (Å²) < 4.78 is 19.6. The normalized spacial score (nSPS) is 24.0. The molecular formula is C25H25FN4O2. The van der Waals surface area contributed by atoms with Crippen LogP contribution in [0.1, 0.15) is 42.1 Å². The van der Waals surface area contributed by atoms with Crippen molar-refractivity contribution in [1.29, 1.82) is 0 Å². The zero-order chi connectivity index (χ0) is 22.2. The largest absolute Gasteiger partial charge is 0.472 e. The smallest absolute Gasteiger partial charge is 0.255 e. The average molecular weight is 432 g/mol. The molecule has 3 heterocycles. The molecular weight excluding hydrogens is 407 g/mol. The van der Waals surface area contributed by atoms with Gasteiger partial charge in [0.25, 0.3) is 5.91 Å². The zero-order valence-electron chi connectivity index (χ0n) is 18.1. The number of halogens is 1. The van der Waals surface area contributed by atoms with Crippen molar-refractivity contribution in [2.45, 2.75) is 51.3 Å². The summed E-state index contributed by atoms with van der Waals surface area (Å²) >= 11 is 0. The molecule has 1 aliphatic heterocycles. The first-order valence-electron chi connectivity index (χ1n) is 11.0. The third-order valence-corrected chi connectivity index (χ3v) is 6.60. The van der Waals surface area contributed by atoms with E-state index in [1.807, 2.05) is 36.1 Å². The van der Waals surface area contributed by atoms with E-state index in [0.29, 0.717) is 28.7 Å². The Balaban J connectivity index is 1.45. The maximum Gasteiger partial charge on any atom is 0.255 e. The van der Waals surface area contributed by atoms with Crippen LogP contribution in [-0.4, -0.2) is 43.9 Å². The summed E-state index contributed by atoms with van der Waals surface area (Å²) in [4.78, 5) is 28.4. The summed E-state index contributed by atoms with van der Waals surface area (Å²) in [7, 11) is 0. The Morgan fingerprint density at radius 1 is 1.09 bits per heavy atom. The number of carbonyl (C=O) groups excluding carboxylic acids is 1. The van der Waals surface area contributed by atoms with Gasteiger partial charge in [-0.1, -0.05) is 31.2 Å². The lowest BCUT2D eigenvalue weighted by atomic mass is 9.94. The molecule has 3 aromatic rings. The third kappa shape index (κ3) is 3.61. The molecule has 32 heavy (non-hydrogen) atoms. The number of likely N-dealkylation sites (tertiary alicyclic amines) is 1. The Morgan fingerprint density at radius 2 is 1.88 bits per heavy atom. The topological polar surface area (TPSA) is 68.2 Å². The molecule has 4 atom stereocenters. The summed E-state index contributed by atoms with van der Waals surface area (Å²) in [6.07, 6.45) is 6.68. The number of pyridine rings is 1. The maximum atomic E-state index is 13.8. The molecule has 164 valence electrons. The second-order valence-electron chi connectivity index (χ2n) is 8.59. The van der Waals surface area contributed by atoms with Crippen molar-refractivity contribution in [3.8, 4) is 17.3 Å². The first-order chi connectivity index (χ1) is 15.5. The number of benzene rings is 1. The summed E-state index contributed by atoms with van der Waals surface area (Å²) in [5, 5.41) is 0. The van der Waals surface area contributed by atoms with E-state index in [-0.39, 0.29) is 24.1 Å².